The lowest BCUT2D eigenvalue weighted by Gasteiger charge is -2.18. The fraction of sp³-hybridized carbons (Fsp3) is 0.333. The van der Waals surface area contributed by atoms with Gasteiger partial charge in [-0.3, -0.25) is 10.1 Å². The molecule has 1 unspecified atom stereocenters. The minimum Gasteiger partial charge on any atom is -0.330 e. The van der Waals surface area contributed by atoms with Crippen LogP contribution in [-0.2, 0) is 0 Å². The van der Waals surface area contributed by atoms with E-state index in [0.717, 1.165) is 18.2 Å². The second-order valence-electron chi connectivity index (χ2n) is 3.29. The minimum absolute atomic E-state index is 0.00149. The van der Waals surface area contributed by atoms with Crippen LogP contribution in [0.2, 0.25) is 5.02 Å². The first-order valence-electron chi connectivity index (χ1n) is 4.48. The zero-order valence-electron chi connectivity index (χ0n) is 8.37. The molecule has 0 aliphatic carbocycles. The monoisotopic (exact) mass is 268 g/mol. The van der Waals surface area contributed by atoms with Crippen LogP contribution in [-0.4, -0.2) is 17.6 Å². The number of hydrogen-bond acceptors (Lipinski definition) is 3. The number of nitrogens with two attached hydrogens (primary N) is 1. The molecular formula is C9H8ClF3N2O2. The Balaban J connectivity index is 3.34. The Morgan fingerprint density at radius 1 is 1.47 bits per heavy atom. The fourth-order valence-electron chi connectivity index (χ4n) is 1.41. The van der Waals surface area contributed by atoms with Crippen molar-refractivity contribution in [3.8, 4) is 0 Å². The first-order valence-corrected chi connectivity index (χ1v) is 4.85. The number of nitro benzene ring substituents is 1. The number of alkyl halides is 3. The molecule has 0 fully saturated rings. The van der Waals surface area contributed by atoms with E-state index in [1.54, 1.807) is 0 Å². The first-order chi connectivity index (χ1) is 7.77. The van der Waals surface area contributed by atoms with E-state index in [1.807, 2.05) is 0 Å². The second kappa shape index (κ2) is 4.89. The van der Waals surface area contributed by atoms with Gasteiger partial charge in [0.25, 0.3) is 5.69 Å². The summed E-state index contributed by atoms with van der Waals surface area (Å²) in [5.41, 5.74) is 3.87. The Hall–Kier alpha value is -1.34. The van der Waals surface area contributed by atoms with Gasteiger partial charge in [-0.2, -0.15) is 13.2 Å². The van der Waals surface area contributed by atoms with E-state index in [-0.39, 0.29) is 5.02 Å². The maximum absolute atomic E-state index is 12.6. The topological polar surface area (TPSA) is 69.2 Å². The third-order valence-corrected chi connectivity index (χ3v) is 2.43. The van der Waals surface area contributed by atoms with Crippen LogP contribution in [0.5, 0.6) is 0 Å². The van der Waals surface area contributed by atoms with E-state index in [4.69, 9.17) is 17.3 Å². The molecule has 0 bridgehead atoms. The molecule has 94 valence electrons. The van der Waals surface area contributed by atoms with Crippen molar-refractivity contribution in [1.82, 2.24) is 0 Å². The van der Waals surface area contributed by atoms with Gasteiger partial charge in [0.15, 0.2) is 0 Å². The van der Waals surface area contributed by atoms with Gasteiger partial charge < -0.3 is 5.73 Å². The highest BCUT2D eigenvalue weighted by Crippen LogP contribution is 2.39. The molecule has 1 aromatic rings. The number of rotatable bonds is 3. The molecule has 17 heavy (non-hydrogen) atoms. The van der Waals surface area contributed by atoms with Crippen molar-refractivity contribution in [1.29, 1.82) is 0 Å². The zero-order valence-corrected chi connectivity index (χ0v) is 9.13. The van der Waals surface area contributed by atoms with Crippen LogP contribution in [0.3, 0.4) is 0 Å². The van der Waals surface area contributed by atoms with Gasteiger partial charge in [0.2, 0.25) is 0 Å². The smallest absolute Gasteiger partial charge is 0.330 e. The Morgan fingerprint density at radius 3 is 2.47 bits per heavy atom. The van der Waals surface area contributed by atoms with Crippen molar-refractivity contribution in [2.24, 2.45) is 5.73 Å². The van der Waals surface area contributed by atoms with Crippen molar-refractivity contribution in [3.63, 3.8) is 0 Å². The second-order valence-corrected chi connectivity index (χ2v) is 3.73. The lowest BCUT2D eigenvalue weighted by molar-refractivity contribution is -0.386. The maximum Gasteiger partial charge on any atom is 0.397 e. The number of benzene rings is 1. The maximum atomic E-state index is 12.6. The summed E-state index contributed by atoms with van der Waals surface area (Å²) < 4.78 is 37.8. The molecule has 8 heteroatoms. The third-order valence-electron chi connectivity index (χ3n) is 2.20. The lowest BCUT2D eigenvalue weighted by Crippen LogP contribution is -2.28. The molecule has 1 atom stereocenters. The molecular weight excluding hydrogens is 261 g/mol. The number of hydrogen-bond donors (Lipinski definition) is 1. The molecule has 0 heterocycles. The minimum atomic E-state index is -4.63. The summed E-state index contributed by atoms with van der Waals surface area (Å²) in [6.07, 6.45) is -4.63. The van der Waals surface area contributed by atoms with E-state index in [0.29, 0.717) is 0 Å². The van der Waals surface area contributed by atoms with Gasteiger partial charge in [-0.05, 0) is 6.07 Å². The number of halogens is 4. The number of nitro groups is 1. The summed E-state index contributed by atoms with van der Waals surface area (Å²) in [7, 11) is 0. The SMILES string of the molecule is NCC(c1ccc(Cl)cc1[N+](=O)[O-])C(F)(F)F. The summed E-state index contributed by atoms with van der Waals surface area (Å²) in [4.78, 5) is 9.75. The van der Waals surface area contributed by atoms with E-state index >= 15 is 0 Å². The highest BCUT2D eigenvalue weighted by atomic mass is 35.5. The van der Waals surface area contributed by atoms with Crippen LogP contribution in [0, 0.1) is 10.1 Å². The summed E-state index contributed by atoms with van der Waals surface area (Å²) in [6.45, 7) is -0.758. The van der Waals surface area contributed by atoms with E-state index in [2.05, 4.69) is 0 Å². The van der Waals surface area contributed by atoms with Crippen LogP contribution >= 0.6 is 11.6 Å². The van der Waals surface area contributed by atoms with Gasteiger partial charge in [-0.25, -0.2) is 0 Å². The van der Waals surface area contributed by atoms with Gasteiger partial charge in [-0.15, -0.1) is 0 Å². The van der Waals surface area contributed by atoms with Crippen LogP contribution in [0.4, 0.5) is 18.9 Å². The van der Waals surface area contributed by atoms with Crippen LogP contribution in [0.15, 0.2) is 18.2 Å². The Morgan fingerprint density at radius 2 is 2.06 bits per heavy atom. The van der Waals surface area contributed by atoms with Gasteiger partial charge >= 0.3 is 6.18 Å². The molecule has 0 radical (unpaired) electrons. The van der Waals surface area contributed by atoms with E-state index in [9.17, 15) is 23.3 Å². The summed E-state index contributed by atoms with van der Waals surface area (Å²) in [5, 5.41) is 10.7. The van der Waals surface area contributed by atoms with Crippen molar-refractivity contribution in [3.05, 3.63) is 38.9 Å². The average Bonchev–Trinajstić information content (AvgIpc) is 2.18. The molecule has 2 N–H and O–H groups in total. The molecule has 1 aromatic carbocycles. The first kappa shape index (κ1) is 13.7. The van der Waals surface area contributed by atoms with Crippen LogP contribution in [0.25, 0.3) is 0 Å². The highest BCUT2D eigenvalue weighted by Gasteiger charge is 2.42. The predicted molar refractivity (Wildman–Crippen MR) is 56.0 cm³/mol. The molecule has 0 aliphatic rings. The quantitative estimate of drug-likeness (QED) is 0.677. The van der Waals surface area contributed by atoms with Crippen molar-refractivity contribution < 1.29 is 18.1 Å². The third kappa shape index (κ3) is 3.07. The van der Waals surface area contributed by atoms with Gasteiger partial charge in [0, 0.05) is 23.2 Å². The van der Waals surface area contributed by atoms with Crippen LogP contribution < -0.4 is 5.73 Å². The molecule has 1 rings (SSSR count). The van der Waals surface area contributed by atoms with Crippen molar-refractivity contribution in [2.45, 2.75) is 12.1 Å². The summed E-state index contributed by atoms with van der Waals surface area (Å²) >= 11 is 5.51. The zero-order chi connectivity index (χ0) is 13.2. The lowest BCUT2D eigenvalue weighted by atomic mass is 9.97. The Kier molecular flexibility index (Phi) is 3.94. The average molecular weight is 269 g/mol. The molecule has 0 aliphatic heterocycles. The number of nitrogens with zero attached hydrogens (tertiary/aromatic N) is 1. The van der Waals surface area contributed by atoms with Crippen LogP contribution in [0.1, 0.15) is 11.5 Å². The largest absolute Gasteiger partial charge is 0.397 e. The molecule has 0 amide bonds. The van der Waals surface area contributed by atoms with Crippen molar-refractivity contribution >= 4 is 17.3 Å². The Labute approximate surface area is 99.3 Å². The van der Waals surface area contributed by atoms with Gasteiger partial charge in [0.1, 0.15) is 0 Å². The van der Waals surface area contributed by atoms with E-state index in [1.165, 1.54) is 0 Å². The van der Waals surface area contributed by atoms with Gasteiger partial charge in [-0.1, -0.05) is 17.7 Å². The fourth-order valence-corrected chi connectivity index (χ4v) is 1.57. The standard InChI is InChI=1S/C9H8ClF3N2O2/c10-5-1-2-6(8(3-5)15(16)17)7(4-14)9(11,12)13/h1-3,7H,4,14H2. The highest BCUT2D eigenvalue weighted by molar-refractivity contribution is 6.30. The van der Waals surface area contributed by atoms with Gasteiger partial charge in [0.05, 0.1) is 10.8 Å². The van der Waals surface area contributed by atoms with Crippen molar-refractivity contribution in [2.75, 3.05) is 6.54 Å². The summed E-state index contributed by atoms with van der Waals surface area (Å²) in [5.74, 6) is -2.07. The van der Waals surface area contributed by atoms with E-state index < -0.39 is 34.8 Å². The molecule has 0 saturated heterocycles. The molecule has 0 saturated carbocycles. The predicted octanol–water partition coefficient (Wildman–Crippen LogP) is 2.85. The molecule has 0 aromatic heterocycles. The molecule has 0 spiro atoms. The Bertz CT molecular complexity index is 437. The molecule has 4 nitrogen and oxygen atoms in total. The summed E-state index contributed by atoms with van der Waals surface area (Å²) in [6, 6.07) is 3.02. The normalized spacial score (nSPS) is 13.5.